The van der Waals surface area contributed by atoms with Crippen LogP contribution in [0.4, 0.5) is 0 Å². The number of hydrogen-bond donors (Lipinski definition) is 2. The lowest BCUT2D eigenvalue weighted by molar-refractivity contribution is -0.140. The Morgan fingerprint density at radius 3 is 2.79 bits per heavy atom. The molecule has 9 nitrogen and oxygen atoms in total. The maximum Gasteiger partial charge on any atom is 0.317 e. The lowest BCUT2D eigenvalue weighted by atomic mass is 9.85. The van der Waals surface area contributed by atoms with Gasteiger partial charge in [-0.2, -0.15) is 4.98 Å². The van der Waals surface area contributed by atoms with Gasteiger partial charge in [0.1, 0.15) is 5.69 Å². The first-order valence-electron chi connectivity index (χ1n) is 10.1. The predicted octanol–water partition coefficient (Wildman–Crippen LogP) is 1.51. The van der Waals surface area contributed by atoms with Crippen molar-refractivity contribution in [3.05, 3.63) is 30.3 Å². The fraction of sp³-hybridized carbons (Fsp3) is 0.550. The zero-order valence-electron chi connectivity index (χ0n) is 16.2. The predicted molar refractivity (Wildman–Crippen MR) is 103 cm³/mol. The van der Waals surface area contributed by atoms with Crippen LogP contribution in [0.15, 0.2) is 28.9 Å². The van der Waals surface area contributed by atoms with Gasteiger partial charge < -0.3 is 14.9 Å². The monoisotopic (exact) mass is 399 g/mol. The fourth-order valence-corrected chi connectivity index (χ4v) is 3.63. The molecule has 2 aliphatic rings. The summed E-state index contributed by atoms with van der Waals surface area (Å²) in [4.78, 5) is 33.8. The molecule has 1 amide bonds. The van der Waals surface area contributed by atoms with Crippen molar-refractivity contribution in [2.75, 3.05) is 13.1 Å². The van der Waals surface area contributed by atoms with Crippen LogP contribution in [0.1, 0.15) is 38.0 Å². The van der Waals surface area contributed by atoms with Gasteiger partial charge >= 0.3 is 5.97 Å². The minimum absolute atomic E-state index is 0.0574. The molecular formula is C20H25N5O4. The average Bonchev–Trinajstić information content (AvgIpc) is 3.36. The van der Waals surface area contributed by atoms with Gasteiger partial charge in [-0.15, -0.1) is 0 Å². The number of carbonyl (C=O) groups is 2. The van der Waals surface area contributed by atoms with Crippen LogP contribution >= 0.6 is 0 Å². The number of hydrogen-bond acceptors (Lipinski definition) is 7. The van der Waals surface area contributed by atoms with Crippen LogP contribution in [0.3, 0.4) is 0 Å². The minimum Gasteiger partial charge on any atom is -0.480 e. The number of carbonyl (C=O) groups excluding carboxylic acids is 1. The van der Waals surface area contributed by atoms with Gasteiger partial charge in [0.25, 0.3) is 0 Å². The highest BCUT2D eigenvalue weighted by molar-refractivity contribution is 5.76. The molecule has 2 aromatic rings. The quantitative estimate of drug-likeness (QED) is 0.617. The summed E-state index contributed by atoms with van der Waals surface area (Å²) in [5, 5.41) is 16.0. The van der Waals surface area contributed by atoms with E-state index in [4.69, 9.17) is 9.63 Å². The van der Waals surface area contributed by atoms with Gasteiger partial charge in [-0.25, -0.2) is 0 Å². The van der Waals surface area contributed by atoms with Gasteiger partial charge in [0, 0.05) is 37.7 Å². The van der Waals surface area contributed by atoms with Gasteiger partial charge in [0.05, 0.1) is 6.54 Å². The molecule has 0 unspecified atom stereocenters. The van der Waals surface area contributed by atoms with E-state index in [9.17, 15) is 9.59 Å². The molecule has 2 aliphatic carbocycles. The van der Waals surface area contributed by atoms with Crippen molar-refractivity contribution in [3.8, 4) is 11.5 Å². The highest BCUT2D eigenvalue weighted by atomic mass is 16.5. The Hall–Kier alpha value is -2.81. The highest BCUT2D eigenvalue weighted by Crippen LogP contribution is 2.33. The molecule has 0 aromatic carbocycles. The molecule has 2 aromatic heterocycles. The van der Waals surface area contributed by atoms with Gasteiger partial charge in [-0.3, -0.25) is 19.5 Å². The summed E-state index contributed by atoms with van der Waals surface area (Å²) in [5.74, 6) is 0.621. The van der Waals surface area contributed by atoms with Crippen molar-refractivity contribution in [3.63, 3.8) is 0 Å². The Morgan fingerprint density at radius 1 is 1.28 bits per heavy atom. The van der Waals surface area contributed by atoms with Gasteiger partial charge in [-0.05, 0) is 43.7 Å². The number of pyridine rings is 1. The van der Waals surface area contributed by atoms with E-state index in [1.54, 1.807) is 12.3 Å². The van der Waals surface area contributed by atoms with Crippen LogP contribution in [0.25, 0.3) is 11.5 Å². The second kappa shape index (κ2) is 8.69. The van der Waals surface area contributed by atoms with Gasteiger partial charge in [0.2, 0.25) is 17.6 Å². The van der Waals surface area contributed by atoms with Crippen LogP contribution in [-0.2, 0) is 16.0 Å². The van der Waals surface area contributed by atoms with E-state index < -0.39 is 5.97 Å². The Labute approximate surface area is 168 Å². The van der Waals surface area contributed by atoms with E-state index >= 15 is 0 Å². The molecule has 0 saturated heterocycles. The first-order valence-corrected chi connectivity index (χ1v) is 10.1. The van der Waals surface area contributed by atoms with E-state index in [0.717, 1.165) is 19.4 Å². The number of nitrogens with one attached hydrogen (secondary N) is 1. The van der Waals surface area contributed by atoms with E-state index in [2.05, 4.69) is 25.3 Å². The zero-order chi connectivity index (χ0) is 20.2. The average molecular weight is 399 g/mol. The van der Waals surface area contributed by atoms with Gasteiger partial charge in [-0.1, -0.05) is 11.2 Å². The minimum atomic E-state index is -0.789. The first-order chi connectivity index (χ1) is 14.1. The lowest BCUT2D eigenvalue weighted by Crippen LogP contribution is -2.55. The summed E-state index contributed by atoms with van der Waals surface area (Å²) in [5.41, 5.74) is 0.629. The first kappa shape index (κ1) is 19.5. The molecular weight excluding hydrogens is 374 g/mol. The summed E-state index contributed by atoms with van der Waals surface area (Å²) in [6.45, 7) is 0.936. The number of rotatable bonds is 10. The lowest BCUT2D eigenvalue weighted by Gasteiger charge is -2.42. The molecule has 0 radical (unpaired) electrons. The molecule has 2 heterocycles. The second-order valence-electron chi connectivity index (χ2n) is 7.88. The van der Waals surface area contributed by atoms with Crippen molar-refractivity contribution in [1.29, 1.82) is 0 Å². The van der Waals surface area contributed by atoms with Crippen LogP contribution in [0.5, 0.6) is 0 Å². The van der Waals surface area contributed by atoms with Gasteiger partial charge in [0.15, 0.2) is 0 Å². The Kier molecular flexibility index (Phi) is 5.84. The molecule has 0 spiro atoms. The molecule has 0 bridgehead atoms. The number of nitrogens with zero attached hydrogens (tertiary/aromatic N) is 4. The Balaban J connectivity index is 1.19. The zero-order valence-corrected chi connectivity index (χ0v) is 16.2. The standard InChI is InChI=1S/C20H25N5O4/c26-17(6-7-18-23-20(24-29-18)16-3-1-2-8-21-16)22-14-9-15(10-14)25(12-19(27)28)11-13-4-5-13/h1-3,8,13-15H,4-7,9-12H2,(H,22,26)(H,27,28). The van der Waals surface area contributed by atoms with Crippen molar-refractivity contribution >= 4 is 11.9 Å². The molecule has 0 atom stereocenters. The molecule has 9 heteroatoms. The third-order valence-electron chi connectivity index (χ3n) is 5.45. The van der Waals surface area contributed by atoms with E-state index in [1.807, 2.05) is 12.1 Å². The SMILES string of the molecule is O=C(O)CN(CC1CC1)C1CC(NC(=O)CCc2nc(-c3ccccn3)no2)C1. The smallest absolute Gasteiger partial charge is 0.317 e. The van der Waals surface area contributed by atoms with Crippen molar-refractivity contribution in [1.82, 2.24) is 25.3 Å². The van der Waals surface area contributed by atoms with Crippen molar-refractivity contribution < 1.29 is 19.2 Å². The molecule has 4 rings (SSSR count). The topological polar surface area (TPSA) is 121 Å². The summed E-state index contributed by atoms with van der Waals surface area (Å²) in [7, 11) is 0. The second-order valence-corrected chi connectivity index (χ2v) is 7.88. The summed E-state index contributed by atoms with van der Waals surface area (Å²) < 4.78 is 5.20. The summed E-state index contributed by atoms with van der Waals surface area (Å²) in [6.07, 6.45) is 6.29. The van der Waals surface area contributed by atoms with E-state index in [-0.39, 0.29) is 31.0 Å². The molecule has 154 valence electrons. The number of carboxylic acids is 1. The largest absolute Gasteiger partial charge is 0.480 e. The summed E-state index contributed by atoms with van der Waals surface area (Å²) in [6, 6.07) is 5.81. The van der Waals surface area contributed by atoms with E-state index in [1.165, 1.54) is 12.8 Å². The van der Waals surface area contributed by atoms with Crippen LogP contribution < -0.4 is 5.32 Å². The van der Waals surface area contributed by atoms with Crippen LogP contribution in [0.2, 0.25) is 0 Å². The van der Waals surface area contributed by atoms with Crippen LogP contribution in [-0.4, -0.2) is 62.2 Å². The number of carboxylic acid groups (broad SMARTS) is 1. The Morgan fingerprint density at radius 2 is 2.10 bits per heavy atom. The molecule has 0 aliphatic heterocycles. The Bertz CT molecular complexity index is 846. The third-order valence-corrected chi connectivity index (χ3v) is 5.45. The van der Waals surface area contributed by atoms with Crippen molar-refractivity contribution in [2.45, 2.75) is 50.6 Å². The number of aryl methyl sites for hydroxylation is 1. The normalized spacial score (nSPS) is 21.0. The fourth-order valence-electron chi connectivity index (χ4n) is 3.63. The maximum absolute atomic E-state index is 12.2. The maximum atomic E-state index is 12.2. The number of aromatic nitrogens is 3. The third kappa shape index (κ3) is 5.38. The molecule has 2 fully saturated rings. The summed E-state index contributed by atoms with van der Waals surface area (Å²) >= 11 is 0. The molecule has 2 N–H and O–H groups in total. The van der Waals surface area contributed by atoms with Crippen molar-refractivity contribution in [2.24, 2.45) is 5.92 Å². The molecule has 2 saturated carbocycles. The highest BCUT2D eigenvalue weighted by Gasteiger charge is 2.37. The number of aliphatic carboxylic acids is 1. The van der Waals surface area contributed by atoms with E-state index in [0.29, 0.717) is 29.7 Å². The number of amides is 1. The van der Waals surface area contributed by atoms with Crippen LogP contribution in [0, 0.1) is 5.92 Å². The molecule has 29 heavy (non-hydrogen) atoms.